The van der Waals surface area contributed by atoms with Gasteiger partial charge in [-0.1, -0.05) is 17.7 Å². The largest absolute Gasteiger partial charge is 0.426 e. The van der Waals surface area contributed by atoms with E-state index < -0.39 is 0 Å². The number of allylic oxidation sites excluding steroid dienone is 1. The maximum Gasteiger partial charge on any atom is 0.308 e. The van der Waals surface area contributed by atoms with Crippen LogP contribution in [0.2, 0.25) is 0 Å². The summed E-state index contributed by atoms with van der Waals surface area (Å²) in [5.74, 6) is 0.461. The third kappa shape index (κ3) is 2.09. The van der Waals surface area contributed by atoms with Gasteiger partial charge in [0.2, 0.25) is 0 Å². The van der Waals surface area contributed by atoms with E-state index in [0.717, 1.165) is 18.4 Å². The lowest BCUT2D eigenvalue weighted by Crippen LogP contribution is -2.05. The van der Waals surface area contributed by atoms with E-state index in [1.807, 2.05) is 13.0 Å². The average Bonchev–Trinajstić information content (AvgIpc) is 2.18. The summed E-state index contributed by atoms with van der Waals surface area (Å²) in [7, 11) is 0. The topological polar surface area (TPSA) is 26.3 Å². The smallest absolute Gasteiger partial charge is 0.308 e. The van der Waals surface area contributed by atoms with Gasteiger partial charge in [0, 0.05) is 12.5 Å². The second-order valence-electron chi connectivity index (χ2n) is 3.86. The molecule has 0 unspecified atom stereocenters. The highest BCUT2D eigenvalue weighted by atomic mass is 16.5. The van der Waals surface area contributed by atoms with Gasteiger partial charge in [0.05, 0.1) is 0 Å². The van der Waals surface area contributed by atoms with Gasteiger partial charge in [-0.25, -0.2) is 0 Å². The molecular formula is C13H14O2. The molecule has 0 saturated heterocycles. The van der Waals surface area contributed by atoms with Crippen molar-refractivity contribution in [2.75, 3.05) is 0 Å². The maximum atomic E-state index is 10.9. The van der Waals surface area contributed by atoms with Crippen molar-refractivity contribution < 1.29 is 9.53 Å². The van der Waals surface area contributed by atoms with Gasteiger partial charge in [-0.2, -0.15) is 0 Å². The van der Waals surface area contributed by atoms with E-state index in [1.165, 1.54) is 18.1 Å². The van der Waals surface area contributed by atoms with Crippen LogP contribution in [-0.2, 0) is 16.0 Å². The normalized spacial score (nSPS) is 14.1. The van der Waals surface area contributed by atoms with Crippen molar-refractivity contribution in [1.82, 2.24) is 0 Å². The SMILES string of the molecule is CC(=O)OC1=CCCc2ccc(C)cc21. The number of fused-ring (bicyclic) bond motifs is 1. The summed E-state index contributed by atoms with van der Waals surface area (Å²) < 4.78 is 5.19. The molecule has 0 saturated carbocycles. The van der Waals surface area contributed by atoms with E-state index in [4.69, 9.17) is 4.74 Å². The van der Waals surface area contributed by atoms with Crippen molar-refractivity contribution in [3.8, 4) is 0 Å². The Morgan fingerprint density at radius 1 is 1.40 bits per heavy atom. The molecule has 0 atom stereocenters. The highest BCUT2D eigenvalue weighted by Crippen LogP contribution is 2.28. The number of carbonyl (C=O) groups is 1. The zero-order chi connectivity index (χ0) is 10.8. The molecule has 0 spiro atoms. The van der Waals surface area contributed by atoms with E-state index >= 15 is 0 Å². The van der Waals surface area contributed by atoms with E-state index in [2.05, 4.69) is 18.2 Å². The Labute approximate surface area is 89.6 Å². The molecule has 0 fully saturated rings. The summed E-state index contributed by atoms with van der Waals surface area (Å²) in [6.45, 7) is 3.48. The first kappa shape index (κ1) is 9.97. The average molecular weight is 202 g/mol. The number of esters is 1. The molecule has 15 heavy (non-hydrogen) atoms. The van der Waals surface area contributed by atoms with Crippen LogP contribution >= 0.6 is 0 Å². The number of rotatable bonds is 1. The first-order valence-electron chi connectivity index (χ1n) is 5.15. The van der Waals surface area contributed by atoms with Gasteiger partial charge in [0.15, 0.2) is 0 Å². The minimum Gasteiger partial charge on any atom is -0.426 e. The highest BCUT2D eigenvalue weighted by Gasteiger charge is 2.14. The monoisotopic (exact) mass is 202 g/mol. The summed E-state index contributed by atoms with van der Waals surface area (Å²) in [4.78, 5) is 10.9. The lowest BCUT2D eigenvalue weighted by Gasteiger charge is -2.17. The van der Waals surface area contributed by atoms with Crippen LogP contribution in [0, 0.1) is 6.92 Å². The molecule has 0 N–H and O–H groups in total. The molecule has 78 valence electrons. The Balaban J connectivity index is 2.40. The molecule has 0 heterocycles. The first-order valence-corrected chi connectivity index (χ1v) is 5.15. The Morgan fingerprint density at radius 2 is 2.20 bits per heavy atom. The summed E-state index contributed by atoms with van der Waals surface area (Å²) in [6, 6.07) is 6.28. The molecule has 0 bridgehead atoms. The number of ether oxygens (including phenoxy) is 1. The van der Waals surface area contributed by atoms with Gasteiger partial charge < -0.3 is 4.74 Å². The molecule has 0 radical (unpaired) electrons. The van der Waals surface area contributed by atoms with Crippen molar-refractivity contribution in [2.24, 2.45) is 0 Å². The third-order valence-corrected chi connectivity index (χ3v) is 2.53. The van der Waals surface area contributed by atoms with Crippen molar-refractivity contribution in [3.05, 3.63) is 41.0 Å². The van der Waals surface area contributed by atoms with Gasteiger partial charge in [-0.3, -0.25) is 4.79 Å². The van der Waals surface area contributed by atoms with E-state index in [0.29, 0.717) is 5.76 Å². The second-order valence-corrected chi connectivity index (χ2v) is 3.86. The molecule has 0 aliphatic heterocycles. The van der Waals surface area contributed by atoms with Crippen LogP contribution in [0.3, 0.4) is 0 Å². The molecule has 1 aromatic rings. The fourth-order valence-electron chi connectivity index (χ4n) is 1.86. The van der Waals surface area contributed by atoms with Gasteiger partial charge in [-0.15, -0.1) is 0 Å². The van der Waals surface area contributed by atoms with Crippen molar-refractivity contribution in [3.63, 3.8) is 0 Å². The van der Waals surface area contributed by atoms with Crippen molar-refractivity contribution >= 4 is 11.7 Å². The van der Waals surface area contributed by atoms with Crippen molar-refractivity contribution in [1.29, 1.82) is 0 Å². The molecule has 1 aliphatic carbocycles. The quantitative estimate of drug-likeness (QED) is 0.654. The summed E-state index contributed by atoms with van der Waals surface area (Å²) in [5.41, 5.74) is 3.52. The Morgan fingerprint density at radius 3 is 2.93 bits per heavy atom. The molecule has 2 heteroatoms. The van der Waals surface area contributed by atoms with Gasteiger partial charge in [-0.05, 0) is 37.5 Å². The summed E-state index contributed by atoms with van der Waals surface area (Å²) in [6.07, 6.45) is 3.96. The predicted molar refractivity (Wildman–Crippen MR) is 59.2 cm³/mol. The minimum atomic E-state index is -0.254. The van der Waals surface area contributed by atoms with Gasteiger partial charge >= 0.3 is 5.97 Å². The molecule has 1 aromatic carbocycles. The lowest BCUT2D eigenvalue weighted by molar-refractivity contribution is -0.134. The van der Waals surface area contributed by atoms with Crippen LogP contribution in [-0.4, -0.2) is 5.97 Å². The number of hydrogen-bond donors (Lipinski definition) is 0. The number of aryl methyl sites for hydroxylation is 2. The number of hydrogen-bond acceptors (Lipinski definition) is 2. The molecule has 2 rings (SSSR count). The fraction of sp³-hybridized carbons (Fsp3) is 0.308. The highest BCUT2D eigenvalue weighted by molar-refractivity contribution is 5.78. The third-order valence-electron chi connectivity index (χ3n) is 2.53. The van der Waals surface area contributed by atoms with Crippen LogP contribution in [0.4, 0.5) is 0 Å². The zero-order valence-electron chi connectivity index (χ0n) is 9.04. The predicted octanol–water partition coefficient (Wildman–Crippen LogP) is 2.85. The van der Waals surface area contributed by atoms with Crippen LogP contribution in [0.5, 0.6) is 0 Å². The van der Waals surface area contributed by atoms with E-state index in [-0.39, 0.29) is 5.97 Å². The summed E-state index contributed by atoms with van der Waals surface area (Å²) >= 11 is 0. The molecule has 0 aromatic heterocycles. The minimum absolute atomic E-state index is 0.254. The van der Waals surface area contributed by atoms with Crippen LogP contribution in [0.1, 0.15) is 30.0 Å². The summed E-state index contributed by atoms with van der Waals surface area (Å²) in [5, 5.41) is 0. The van der Waals surface area contributed by atoms with Gasteiger partial charge in [0.25, 0.3) is 0 Å². The second kappa shape index (κ2) is 3.89. The Bertz CT molecular complexity index is 430. The standard InChI is InChI=1S/C13H14O2/c1-9-6-7-11-4-3-5-13(12(11)8-9)15-10(2)14/h5-8H,3-4H2,1-2H3. The number of carbonyl (C=O) groups excluding carboxylic acids is 1. The Kier molecular flexibility index (Phi) is 2.58. The molecule has 0 amide bonds. The fourth-order valence-corrected chi connectivity index (χ4v) is 1.86. The maximum absolute atomic E-state index is 10.9. The molecular weight excluding hydrogens is 188 g/mol. The Hall–Kier alpha value is -1.57. The molecule has 1 aliphatic rings. The van der Waals surface area contributed by atoms with E-state index in [9.17, 15) is 4.79 Å². The van der Waals surface area contributed by atoms with Crippen LogP contribution < -0.4 is 0 Å². The lowest BCUT2D eigenvalue weighted by atomic mass is 9.94. The molecule has 2 nitrogen and oxygen atoms in total. The van der Waals surface area contributed by atoms with Crippen LogP contribution in [0.15, 0.2) is 24.3 Å². The van der Waals surface area contributed by atoms with Crippen molar-refractivity contribution in [2.45, 2.75) is 26.7 Å². The first-order chi connectivity index (χ1) is 7.16. The number of benzene rings is 1. The zero-order valence-corrected chi connectivity index (χ0v) is 9.04. The van der Waals surface area contributed by atoms with E-state index in [1.54, 1.807) is 0 Å². The van der Waals surface area contributed by atoms with Gasteiger partial charge in [0.1, 0.15) is 5.76 Å². The van der Waals surface area contributed by atoms with Crippen LogP contribution in [0.25, 0.3) is 5.76 Å².